The Kier molecular flexibility index (Phi) is 10.9. The van der Waals surface area contributed by atoms with Crippen LogP contribution in [0.5, 0.6) is 0 Å². The number of hydrogen-bond donors (Lipinski definition) is 2. The minimum Gasteiger partial charge on any atom is -0.444 e. The van der Waals surface area contributed by atoms with Crippen molar-refractivity contribution in [2.45, 2.75) is 63.4 Å². The number of halogens is 2. The second kappa shape index (κ2) is 14.6. The van der Waals surface area contributed by atoms with Gasteiger partial charge in [0.25, 0.3) is 0 Å². The summed E-state index contributed by atoms with van der Waals surface area (Å²) in [5.74, 6) is -0.533. The fraction of sp³-hybridized carbons (Fsp3) is 0.429. The maximum atomic E-state index is 14.0. The molecule has 0 radical (unpaired) electrons. The molecule has 8 heteroatoms. The van der Waals surface area contributed by atoms with Crippen LogP contribution in [0.1, 0.15) is 69.1 Å². The summed E-state index contributed by atoms with van der Waals surface area (Å²) in [6.07, 6.45) is 2.99. The molecule has 6 nitrogen and oxygen atoms in total. The van der Waals surface area contributed by atoms with Crippen LogP contribution in [0, 0.1) is 11.6 Å². The Morgan fingerprint density at radius 1 is 0.837 bits per heavy atom. The van der Waals surface area contributed by atoms with Crippen LogP contribution in [-0.4, -0.2) is 55.2 Å². The molecule has 3 aromatic rings. The van der Waals surface area contributed by atoms with Crippen molar-refractivity contribution >= 4 is 12.0 Å². The molecule has 4 rings (SSSR count). The Morgan fingerprint density at radius 2 is 1.40 bits per heavy atom. The molecule has 0 aliphatic carbocycles. The van der Waals surface area contributed by atoms with Crippen molar-refractivity contribution in [3.8, 4) is 0 Å². The smallest absolute Gasteiger partial charge is 0.408 e. The van der Waals surface area contributed by atoms with E-state index in [9.17, 15) is 18.4 Å². The first-order valence-corrected chi connectivity index (χ1v) is 15.1. The van der Waals surface area contributed by atoms with E-state index in [0.29, 0.717) is 12.3 Å². The predicted molar refractivity (Wildman–Crippen MR) is 165 cm³/mol. The summed E-state index contributed by atoms with van der Waals surface area (Å²) < 4.78 is 33.2. The van der Waals surface area contributed by atoms with Crippen molar-refractivity contribution in [1.82, 2.24) is 15.5 Å². The van der Waals surface area contributed by atoms with Gasteiger partial charge in [0.2, 0.25) is 5.91 Å². The van der Waals surface area contributed by atoms with Crippen LogP contribution in [0.25, 0.3) is 0 Å². The predicted octanol–water partition coefficient (Wildman–Crippen LogP) is 6.55. The van der Waals surface area contributed by atoms with Crippen LogP contribution in [0.3, 0.4) is 0 Å². The van der Waals surface area contributed by atoms with Crippen molar-refractivity contribution in [3.05, 3.63) is 107 Å². The van der Waals surface area contributed by atoms with Gasteiger partial charge in [0.15, 0.2) is 0 Å². The Bertz CT molecular complexity index is 1270. The molecule has 2 amide bonds. The Hall–Kier alpha value is -3.78. The van der Waals surface area contributed by atoms with Gasteiger partial charge in [0, 0.05) is 12.0 Å². The van der Waals surface area contributed by atoms with Gasteiger partial charge in [0.1, 0.15) is 17.2 Å². The lowest BCUT2D eigenvalue weighted by Crippen LogP contribution is -2.46. The lowest BCUT2D eigenvalue weighted by atomic mass is 9.71. The highest BCUT2D eigenvalue weighted by molar-refractivity contribution is 5.82. The third-order valence-electron chi connectivity index (χ3n) is 8.11. The molecular formula is C35H43F2N3O3. The first-order chi connectivity index (χ1) is 20.5. The molecule has 43 heavy (non-hydrogen) atoms. The minimum atomic E-state index is -0.745. The first kappa shape index (κ1) is 32.1. The molecule has 0 atom stereocenters. The second-order valence-electron chi connectivity index (χ2n) is 12.4. The lowest BCUT2D eigenvalue weighted by molar-refractivity contribution is -0.120. The standard InChI is InChI=1S/C35H43F2N3O3/c1-34(2,3)43-33(42)38-24-32(41)39-25-35(28-10-14-30(36)15-11-28,29-12-16-31(37)17-13-29)20-7-21-40-22-18-27(19-23-40)26-8-5-4-6-9-26/h4-6,8-17,27H,7,18-25H2,1-3H3,(H,38,42)(H,39,41). The average Bonchev–Trinajstić information content (AvgIpc) is 2.99. The van der Waals surface area contributed by atoms with E-state index in [1.54, 1.807) is 45.0 Å². The highest BCUT2D eigenvalue weighted by atomic mass is 19.1. The van der Waals surface area contributed by atoms with Crippen molar-refractivity contribution in [3.63, 3.8) is 0 Å². The SMILES string of the molecule is CC(C)(C)OC(=O)NCC(=O)NCC(CCCN1CCC(c2ccccc2)CC1)(c1ccc(F)cc1)c1ccc(F)cc1. The third-order valence-corrected chi connectivity index (χ3v) is 8.11. The van der Waals surface area contributed by atoms with Gasteiger partial charge in [-0.3, -0.25) is 4.79 Å². The van der Waals surface area contributed by atoms with E-state index in [1.165, 1.54) is 29.8 Å². The van der Waals surface area contributed by atoms with Crippen molar-refractivity contribution in [2.75, 3.05) is 32.7 Å². The van der Waals surface area contributed by atoms with E-state index < -0.39 is 17.1 Å². The molecule has 0 bridgehead atoms. The summed E-state index contributed by atoms with van der Waals surface area (Å²) in [4.78, 5) is 27.4. The van der Waals surface area contributed by atoms with Gasteiger partial charge < -0.3 is 20.3 Å². The van der Waals surface area contributed by atoms with Crippen LogP contribution >= 0.6 is 0 Å². The maximum Gasteiger partial charge on any atom is 0.408 e. The number of nitrogens with zero attached hydrogens (tertiary/aromatic N) is 1. The molecule has 1 fully saturated rings. The van der Waals surface area contributed by atoms with Crippen LogP contribution in [0.2, 0.25) is 0 Å². The van der Waals surface area contributed by atoms with E-state index in [4.69, 9.17) is 4.74 Å². The molecule has 2 N–H and O–H groups in total. The highest BCUT2D eigenvalue weighted by Gasteiger charge is 2.35. The van der Waals surface area contributed by atoms with Gasteiger partial charge in [-0.15, -0.1) is 0 Å². The quantitative estimate of drug-likeness (QED) is 0.265. The number of carbonyl (C=O) groups excluding carboxylic acids is 2. The highest BCUT2D eigenvalue weighted by Crippen LogP contribution is 2.37. The number of nitrogens with one attached hydrogen (secondary N) is 2. The Morgan fingerprint density at radius 3 is 1.93 bits per heavy atom. The average molecular weight is 592 g/mol. The van der Waals surface area contributed by atoms with Crippen molar-refractivity contribution in [1.29, 1.82) is 0 Å². The number of hydrogen-bond acceptors (Lipinski definition) is 4. The van der Waals surface area contributed by atoms with Gasteiger partial charge >= 0.3 is 6.09 Å². The normalized spacial score (nSPS) is 14.7. The Balaban J connectivity index is 1.47. The minimum absolute atomic E-state index is 0.190. The molecule has 1 aliphatic heterocycles. The second-order valence-corrected chi connectivity index (χ2v) is 12.4. The fourth-order valence-electron chi connectivity index (χ4n) is 5.88. The number of amides is 2. The van der Waals surface area contributed by atoms with Gasteiger partial charge in [-0.25, -0.2) is 13.6 Å². The Labute approximate surface area is 253 Å². The molecule has 3 aromatic carbocycles. The lowest BCUT2D eigenvalue weighted by Gasteiger charge is -2.37. The van der Waals surface area contributed by atoms with Crippen molar-refractivity contribution < 1.29 is 23.1 Å². The van der Waals surface area contributed by atoms with Crippen LogP contribution in [0.15, 0.2) is 78.9 Å². The molecule has 0 spiro atoms. The summed E-state index contributed by atoms with van der Waals surface area (Å²) in [5.41, 5.74) is 1.61. The van der Waals surface area contributed by atoms with E-state index in [-0.39, 0.29) is 30.6 Å². The van der Waals surface area contributed by atoms with E-state index in [0.717, 1.165) is 50.0 Å². The van der Waals surface area contributed by atoms with E-state index in [2.05, 4.69) is 39.8 Å². The monoisotopic (exact) mass is 591 g/mol. The molecule has 0 saturated carbocycles. The number of rotatable bonds is 11. The maximum absolute atomic E-state index is 14.0. The molecule has 1 aliphatic rings. The number of benzene rings is 3. The number of ether oxygens (including phenoxy) is 1. The first-order valence-electron chi connectivity index (χ1n) is 15.1. The zero-order chi connectivity index (χ0) is 30.9. The summed E-state index contributed by atoms with van der Waals surface area (Å²) in [5, 5.41) is 5.46. The van der Waals surface area contributed by atoms with Crippen LogP contribution < -0.4 is 10.6 Å². The summed E-state index contributed by atoms with van der Waals surface area (Å²) >= 11 is 0. The van der Waals surface area contributed by atoms with Gasteiger partial charge in [0.05, 0.1) is 6.54 Å². The molecule has 1 saturated heterocycles. The van der Waals surface area contributed by atoms with Gasteiger partial charge in [-0.2, -0.15) is 0 Å². The summed E-state index contributed by atoms with van der Waals surface area (Å²) in [6, 6.07) is 23.2. The van der Waals surface area contributed by atoms with Gasteiger partial charge in [-0.05, 0) is 113 Å². The van der Waals surface area contributed by atoms with Crippen molar-refractivity contribution in [2.24, 2.45) is 0 Å². The number of piperidine rings is 1. The summed E-state index contributed by atoms with van der Waals surface area (Å²) in [7, 11) is 0. The molecule has 0 aromatic heterocycles. The van der Waals surface area contributed by atoms with Crippen LogP contribution in [-0.2, 0) is 14.9 Å². The van der Waals surface area contributed by atoms with E-state index >= 15 is 0 Å². The van der Waals surface area contributed by atoms with Gasteiger partial charge in [-0.1, -0.05) is 54.6 Å². The third kappa shape index (κ3) is 9.35. The molecular weight excluding hydrogens is 548 g/mol. The van der Waals surface area contributed by atoms with Crippen LogP contribution in [0.4, 0.5) is 13.6 Å². The molecule has 1 heterocycles. The number of likely N-dealkylation sites (tertiary alicyclic amines) is 1. The topological polar surface area (TPSA) is 70.7 Å². The number of carbonyl (C=O) groups is 2. The van der Waals surface area contributed by atoms with E-state index in [1.807, 2.05) is 6.07 Å². The summed E-state index contributed by atoms with van der Waals surface area (Å²) in [6.45, 7) is 8.07. The molecule has 0 unspecified atom stereocenters. The molecule has 230 valence electrons. The zero-order valence-electron chi connectivity index (χ0n) is 25.4. The zero-order valence-corrected chi connectivity index (χ0v) is 25.4. The number of alkyl carbamates (subject to hydrolysis) is 1. The largest absolute Gasteiger partial charge is 0.444 e. The fourth-order valence-corrected chi connectivity index (χ4v) is 5.88.